The summed E-state index contributed by atoms with van der Waals surface area (Å²) in [5.41, 5.74) is 1.47. The van der Waals surface area contributed by atoms with Crippen molar-refractivity contribution in [3.63, 3.8) is 0 Å². The average Bonchev–Trinajstić information content (AvgIpc) is 2.38. The number of hydrogen-bond acceptors (Lipinski definition) is 4. The summed E-state index contributed by atoms with van der Waals surface area (Å²) in [7, 11) is 0. The van der Waals surface area contributed by atoms with Crippen molar-refractivity contribution in [2.75, 3.05) is 6.61 Å². The highest BCUT2D eigenvalue weighted by Crippen LogP contribution is 2.44. The van der Waals surface area contributed by atoms with Crippen LogP contribution in [-0.2, 0) is 14.3 Å². The first kappa shape index (κ1) is 13.5. The van der Waals surface area contributed by atoms with E-state index in [-0.39, 0.29) is 17.3 Å². The van der Waals surface area contributed by atoms with E-state index in [1.165, 1.54) is 6.92 Å². The predicted octanol–water partition coefficient (Wildman–Crippen LogP) is 1.44. The van der Waals surface area contributed by atoms with Crippen LogP contribution in [0, 0.1) is 11.8 Å². The summed E-state index contributed by atoms with van der Waals surface area (Å²) >= 11 is 0. The Kier molecular flexibility index (Phi) is 4.02. The van der Waals surface area contributed by atoms with Gasteiger partial charge in [-0.05, 0) is 45.4 Å². The van der Waals surface area contributed by atoms with Gasteiger partial charge in [-0.2, -0.15) is 0 Å². The molecule has 0 aromatic carbocycles. The van der Waals surface area contributed by atoms with Crippen LogP contribution in [0.5, 0.6) is 0 Å². The zero-order chi connectivity index (χ0) is 13.2. The van der Waals surface area contributed by atoms with E-state index in [0.717, 1.165) is 32.3 Å². The normalized spacial score (nSPS) is 36.3. The lowest BCUT2D eigenvalue weighted by atomic mass is 9.67. The van der Waals surface area contributed by atoms with Crippen molar-refractivity contribution in [1.82, 2.24) is 5.48 Å². The molecular weight excluding hydrogens is 234 g/mol. The Morgan fingerprint density at radius 2 is 2.06 bits per heavy atom. The Morgan fingerprint density at radius 1 is 1.28 bits per heavy atom. The van der Waals surface area contributed by atoms with E-state index in [9.17, 15) is 9.59 Å². The van der Waals surface area contributed by atoms with E-state index in [4.69, 9.17) is 9.94 Å². The Labute approximate surface area is 107 Å². The van der Waals surface area contributed by atoms with Gasteiger partial charge < -0.3 is 4.74 Å². The second-order valence-electron chi connectivity index (χ2n) is 5.53. The van der Waals surface area contributed by atoms with Gasteiger partial charge in [-0.25, -0.2) is 5.48 Å². The fourth-order valence-electron chi connectivity index (χ4n) is 3.36. The van der Waals surface area contributed by atoms with Crippen LogP contribution in [0.15, 0.2) is 0 Å². The molecule has 102 valence electrons. The van der Waals surface area contributed by atoms with Gasteiger partial charge in [0.2, 0.25) is 5.91 Å². The van der Waals surface area contributed by atoms with Gasteiger partial charge in [-0.3, -0.25) is 14.8 Å². The van der Waals surface area contributed by atoms with Gasteiger partial charge in [0.05, 0.1) is 5.60 Å². The molecule has 5 nitrogen and oxygen atoms in total. The third-order valence-electron chi connectivity index (χ3n) is 4.39. The second kappa shape index (κ2) is 5.36. The fraction of sp³-hybridized carbons (Fsp3) is 0.846. The van der Waals surface area contributed by atoms with E-state index in [1.54, 1.807) is 5.48 Å². The highest BCUT2D eigenvalue weighted by atomic mass is 16.5. The van der Waals surface area contributed by atoms with Gasteiger partial charge in [-0.15, -0.1) is 0 Å². The Bertz CT molecular complexity index is 336. The minimum atomic E-state index is -0.444. The SMILES string of the molecule is CC(=O)[C@H]1CC2(CCCCO2)CC[C@@H]1C(=O)NO. The monoisotopic (exact) mass is 255 g/mol. The number of ketones is 1. The first-order valence-electron chi connectivity index (χ1n) is 6.66. The van der Waals surface area contributed by atoms with Crippen molar-refractivity contribution >= 4 is 11.7 Å². The highest BCUT2D eigenvalue weighted by molar-refractivity contribution is 5.87. The number of carbonyl (C=O) groups is 2. The third kappa shape index (κ3) is 2.57. The van der Waals surface area contributed by atoms with Crippen LogP contribution in [0.25, 0.3) is 0 Å². The number of hydrogen-bond donors (Lipinski definition) is 2. The summed E-state index contributed by atoms with van der Waals surface area (Å²) in [5.74, 6) is -1.18. The van der Waals surface area contributed by atoms with Crippen molar-refractivity contribution in [3.05, 3.63) is 0 Å². The number of Topliss-reactive ketones (excluding diaryl/α,β-unsaturated/α-hetero) is 1. The molecule has 2 aliphatic rings. The predicted molar refractivity (Wildman–Crippen MR) is 64.0 cm³/mol. The maximum Gasteiger partial charge on any atom is 0.247 e. The van der Waals surface area contributed by atoms with Crippen LogP contribution in [0.1, 0.15) is 45.4 Å². The first-order chi connectivity index (χ1) is 8.58. The molecule has 2 rings (SSSR count). The topological polar surface area (TPSA) is 75.6 Å². The molecule has 0 radical (unpaired) electrons. The third-order valence-corrected chi connectivity index (χ3v) is 4.39. The number of carbonyl (C=O) groups excluding carboxylic acids is 2. The van der Waals surface area contributed by atoms with Gasteiger partial charge in [0.25, 0.3) is 0 Å². The van der Waals surface area contributed by atoms with Crippen molar-refractivity contribution < 1.29 is 19.5 Å². The van der Waals surface area contributed by atoms with Crippen LogP contribution in [0.4, 0.5) is 0 Å². The summed E-state index contributed by atoms with van der Waals surface area (Å²) in [4.78, 5) is 23.3. The smallest absolute Gasteiger partial charge is 0.247 e. The number of amides is 1. The molecule has 1 saturated carbocycles. The number of ether oxygens (including phenoxy) is 1. The first-order valence-corrected chi connectivity index (χ1v) is 6.66. The summed E-state index contributed by atoms with van der Waals surface area (Å²) in [6, 6.07) is 0. The second-order valence-corrected chi connectivity index (χ2v) is 5.53. The molecule has 1 spiro atoms. The molecule has 5 heteroatoms. The molecule has 0 bridgehead atoms. The Hall–Kier alpha value is -0.940. The van der Waals surface area contributed by atoms with Crippen molar-refractivity contribution in [2.45, 2.75) is 51.0 Å². The van der Waals surface area contributed by atoms with Gasteiger partial charge in [0, 0.05) is 18.4 Å². The standard InChI is InChI=1S/C13H21NO4/c1-9(15)11-8-13(5-2-3-7-18-13)6-4-10(11)12(16)14-17/h10-11,17H,2-8H2,1H3,(H,14,16)/t10-,11+,13?/m0/s1. The molecule has 2 fully saturated rings. The summed E-state index contributed by atoms with van der Waals surface area (Å²) < 4.78 is 5.90. The molecule has 1 aliphatic carbocycles. The molecule has 1 heterocycles. The molecule has 0 aromatic rings. The molecule has 1 amide bonds. The minimum Gasteiger partial charge on any atom is -0.375 e. The average molecular weight is 255 g/mol. The van der Waals surface area contributed by atoms with E-state index < -0.39 is 11.8 Å². The van der Waals surface area contributed by atoms with E-state index in [1.807, 2.05) is 0 Å². The number of rotatable bonds is 2. The number of nitrogens with one attached hydrogen (secondary N) is 1. The Balaban J connectivity index is 2.12. The van der Waals surface area contributed by atoms with Crippen LogP contribution in [0.2, 0.25) is 0 Å². The van der Waals surface area contributed by atoms with E-state index >= 15 is 0 Å². The van der Waals surface area contributed by atoms with Gasteiger partial charge in [0.1, 0.15) is 5.78 Å². The van der Waals surface area contributed by atoms with Gasteiger partial charge >= 0.3 is 0 Å². The number of hydroxylamine groups is 1. The fourth-order valence-corrected chi connectivity index (χ4v) is 3.36. The summed E-state index contributed by atoms with van der Waals surface area (Å²) in [5, 5.41) is 8.75. The van der Waals surface area contributed by atoms with E-state index in [0.29, 0.717) is 12.8 Å². The molecule has 18 heavy (non-hydrogen) atoms. The van der Waals surface area contributed by atoms with Crippen LogP contribution in [0.3, 0.4) is 0 Å². The van der Waals surface area contributed by atoms with Crippen molar-refractivity contribution in [1.29, 1.82) is 0 Å². The van der Waals surface area contributed by atoms with Crippen LogP contribution >= 0.6 is 0 Å². The van der Waals surface area contributed by atoms with Crippen molar-refractivity contribution in [2.24, 2.45) is 11.8 Å². The Morgan fingerprint density at radius 3 is 2.61 bits per heavy atom. The lowest BCUT2D eigenvalue weighted by Crippen LogP contribution is -2.49. The van der Waals surface area contributed by atoms with E-state index in [2.05, 4.69) is 0 Å². The minimum absolute atomic E-state index is 0.0110. The molecule has 1 aliphatic heterocycles. The van der Waals surface area contributed by atoms with Gasteiger partial charge in [0.15, 0.2) is 0 Å². The molecule has 1 saturated heterocycles. The lowest BCUT2D eigenvalue weighted by molar-refractivity contribution is -0.154. The molecular formula is C13H21NO4. The highest BCUT2D eigenvalue weighted by Gasteiger charge is 2.46. The summed E-state index contributed by atoms with van der Waals surface area (Å²) in [6.45, 7) is 2.27. The van der Waals surface area contributed by atoms with Crippen LogP contribution < -0.4 is 5.48 Å². The molecule has 3 atom stereocenters. The lowest BCUT2D eigenvalue weighted by Gasteiger charge is -2.45. The summed E-state index contributed by atoms with van der Waals surface area (Å²) in [6.07, 6.45) is 5.20. The van der Waals surface area contributed by atoms with Crippen LogP contribution in [-0.4, -0.2) is 29.1 Å². The molecule has 2 N–H and O–H groups in total. The van der Waals surface area contributed by atoms with Gasteiger partial charge in [-0.1, -0.05) is 0 Å². The maximum atomic E-state index is 11.7. The quantitative estimate of drug-likeness (QED) is 0.578. The molecule has 0 aromatic heterocycles. The zero-order valence-corrected chi connectivity index (χ0v) is 10.8. The zero-order valence-electron chi connectivity index (χ0n) is 10.8. The van der Waals surface area contributed by atoms with Crippen molar-refractivity contribution in [3.8, 4) is 0 Å². The molecule has 1 unspecified atom stereocenters. The maximum absolute atomic E-state index is 11.7. The largest absolute Gasteiger partial charge is 0.375 e.